The second kappa shape index (κ2) is 11.3. The van der Waals surface area contributed by atoms with Crippen LogP contribution in [0.25, 0.3) is 0 Å². The van der Waals surface area contributed by atoms with Crippen molar-refractivity contribution in [3.63, 3.8) is 0 Å². The Morgan fingerprint density at radius 1 is 1.16 bits per heavy atom. The fourth-order valence-corrected chi connectivity index (χ4v) is 5.71. The minimum Gasteiger partial charge on any atom is -0.467 e. The van der Waals surface area contributed by atoms with Crippen LogP contribution < -0.4 is 10.5 Å². The molecule has 0 bridgehead atoms. The summed E-state index contributed by atoms with van der Waals surface area (Å²) < 4.78 is 19.7. The molecule has 0 radical (unpaired) electrons. The van der Waals surface area contributed by atoms with E-state index in [2.05, 4.69) is 28.6 Å². The Morgan fingerprint density at radius 3 is 2.58 bits per heavy atom. The highest BCUT2D eigenvalue weighted by Gasteiger charge is 2.36. The molecule has 2 aromatic carbocycles. The van der Waals surface area contributed by atoms with Gasteiger partial charge in [-0.1, -0.05) is 30.3 Å². The van der Waals surface area contributed by atoms with Crippen LogP contribution in [0.4, 0.5) is 4.39 Å². The van der Waals surface area contributed by atoms with Crippen molar-refractivity contribution < 1.29 is 13.9 Å². The van der Waals surface area contributed by atoms with Crippen LogP contribution in [0.2, 0.25) is 0 Å². The van der Waals surface area contributed by atoms with Gasteiger partial charge in [-0.05, 0) is 43.7 Å². The van der Waals surface area contributed by atoms with E-state index < -0.39 is 18.2 Å². The van der Waals surface area contributed by atoms with Gasteiger partial charge >= 0.3 is 0 Å². The molecule has 2 aliphatic rings. The molecule has 2 N–H and O–H groups in total. The van der Waals surface area contributed by atoms with Gasteiger partial charge < -0.3 is 20.3 Å². The summed E-state index contributed by atoms with van der Waals surface area (Å²) in [5, 5.41) is 2.40. The number of hydrogen-bond donors (Lipinski definition) is 1. The topological polar surface area (TPSA) is 87.3 Å². The van der Waals surface area contributed by atoms with Gasteiger partial charge in [0, 0.05) is 49.4 Å². The summed E-state index contributed by atoms with van der Waals surface area (Å²) in [5.41, 5.74) is 6.92. The van der Waals surface area contributed by atoms with Gasteiger partial charge in [-0.3, -0.25) is 9.69 Å². The van der Waals surface area contributed by atoms with E-state index in [1.165, 1.54) is 23.5 Å². The monoisotopic (exact) mass is 534 g/mol. The maximum Gasteiger partial charge on any atom is 0.247 e. The van der Waals surface area contributed by atoms with E-state index in [0.717, 1.165) is 31.0 Å². The van der Waals surface area contributed by atoms with E-state index in [9.17, 15) is 9.18 Å². The summed E-state index contributed by atoms with van der Waals surface area (Å²) in [4.78, 5) is 28.0. The van der Waals surface area contributed by atoms with Crippen molar-refractivity contribution in [3.8, 4) is 5.75 Å². The SMILES string of the molecule is C[C@@H]1CN([C@@H](C)c2ccc(F)cc2)CCN1C1=CC(Oc2ccccc2)N(C(C(N)=O)c2nccs2)C=N1. The van der Waals surface area contributed by atoms with Crippen LogP contribution in [-0.4, -0.2) is 63.8 Å². The molecule has 3 aromatic rings. The van der Waals surface area contributed by atoms with Gasteiger partial charge in [-0.15, -0.1) is 11.3 Å². The van der Waals surface area contributed by atoms with E-state index >= 15 is 0 Å². The second-order valence-corrected chi connectivity index (χ2v) is 10.4. The number of halogens is 1. The number of nitrogens with two attached hydrogens (primary N) is 1. The number of carbonyl (C=O) groups is 1. The first-order chi connectivity index (χ1) is 18.4. The van der Waals surface area contributed by atoms with E-state index in [1.54, 1.807) is 17.4 Å². The summed E-state index contributed by atoms with van der Waals surface area (Å²) >= 11 is 1.36. The number of carbonyl (C=O) groups excluding carboxylic acids is 1. The van der Waals surface area contributed by atoms with E-state index in [-0.39, 0.29) is 17.9 Å². The molecule has 1 saturated heterocycles. The first kappa shape index (κ1) is 25.9. The number of aliphatic imine (C=N–C) groups is 1. The van der Waals surface area contributed by atoms with Gasteiger partial charge in [0.05, 0.1) is 6.34 Å². The molecule has 2 aliphatic heterocycles. The number of piperazine rings is 1. The highest BCUT2D eigenvalue weighted by molar-refractivity contribution is 7.09. The Kier molecular flexibility index (Phi) is 7.71. The van der Waals surface area contributed by atoms with Crippen LogP contribution in [0.15, 0.2) is 83.1 Å². The van der Waals surface area contributed by atoms with Gasteiger partial charge in [-0.2, -0.15) is 0 Å². The number of para-hydroxylation sites is 1. The predicted molar refractivity (Wildman–Crippen MR) is 146 cm³/mol. The number of benzene rings is 2. The molecule has 1 aromatic heterocycles. The van der Waals surface area contributed by atoms with Gasteiger partial charge in [0.15, 0.2) is 12.3 Å². The first-order valence-corrected chi connectivity index (χ1v) is 13.5. The third kappa shape index (κ3) is 5.56. The fourth-order valence-electron chi connectivity index (χ4n) is 4.96. The third-order valence-electron chi connectivity index (χ3n) is 7.02. The number of hydrogen-bond acceptors (Lipinski definition) is 8. The minimum absolute atomic E-state index is 0.170. The normalized spacial score (nSPS) is 21.6. The smallest absolute Gasteiger partial charge is 0.247 e. The zero-order valence-corrected chi connectivity index (χ0v) is 22.2. The molecule has 5 rings (SSSR count). The summed E-state index contributed by atoms with van der Waals surface area (Å²) in [6.45, 7) is 6.73. The van der Waals surface area contributed by atoms with Crippen LogP contribution >= 0.6 is 11.3 Å². The fraction of sp³-hybridized carbons (Fsp3) is 0.321. The molecule has 2 unspecified atom stereocenters. The Bertz CT molecular complexity index is 1280. The van der Waals surface area contributed by atoms with E-state index in [1.807, 2.05) is 53.9 Å². The molecule has 3 heterocycles. The lowest BCUT2D eigenvalue weighted by Crippen LogP contribution is -2.53. The lowest BCUT2D eigenvalue weighted by atomic mass is 10.0. The predicted octanol–water partition coefficient (Wildman–Crippen LogP) is 4.17. The van der Waals surface area contributed by atoms with Crippen LogP contribution in [0.3, 0.4) is 0 Å². The van der Waals surface area contributed by atoms with E-state index in [0.29, 0.717) is 10.8 Å². The van der Waals surface area contributed by atoms with Crippen molar-refractivity contribution in [3.05, 3.63) is 94.5 Å². The lowest BCUT2D eigenvalue weighted by molar-refractivity contribution is -0.123. The summed E-state index contributed by atoms with van der Waals surface area (Å²) in [6.07, 6.45) is 4.61. The van der Waals surface area contributed by atoms with Crippen molar-refractivity contribution in [2.75, 3.05) is 19.6 Å². The molecule has 0 saturated carbocycles. The molecule has 4 atom stereocenters. The van der Waals surface area contributed by atoms with Crippen LogP contribution in [0.5, 0.6) is 5.75 Å². The summed E-state index contributed by atoms with van der Waals surface area (Å²) in [6, 6.07) is 15.7. The Balaban J connectivity index is 1.36. The van der Waals surface area contributed by atoms with Crippen molar-refractivity contribution in [1.82, 2.24) is 19.7 Å². The molecule has 0 spiro atoms. The molecule has 1 fully saturated rings. The maximum atomic E-state index is 13.4. The third-order valence-corrected chi connectivity index (χ3v) is 7.84. The average molecular weight is 535 g/mol. The molecule has 10 heteroatoms. The zero-order valence-electron chi connectivity index (χ0n) is 21.4. The molecule has 198 valence electrons. The van der Waals surface area contributed by atoms with Gasteiger partial charge in [0.25, 0.3) is 0 Å². The quantitative estimate of drug-likeness (QED) is 0.467. The van der Waals surface area contributed by atoms with E-state index in [4.69, 9.17) is 15.5 Å². The van der Waals surface area contributed by atoms with Crippen molar-refractivity contribution in [1.29, 1.82) is 0 Å². The molecular formula is C28H31FN6O2S. The Hall–Kier alpha value is -3.76. The summed E-state index contributed by atoms with van der Waals surface area (Å²) in [5.74, 6) is 0.700. The molecule has 38 heavy (non-hydrogen) atoms. The average Bonchev–Trinajstić information content (AvgIpc) is 3.44. The number of rotatable bonds is 8. The minimum atomic E-state index is -0.809. The molecular weight excluding hydrogens is 503 g/mol. The Morgan fingerprint density at radius 2 is 1.92 bits per heavy atom. The van der Waals surface area contributed by atoms with Crippen LogP contribution in [-0.2, 0) is 4.79 Å². The zero-order chi connectivity index (χ0) is 26.6. The number of primary amides is 1. The number of ether oxygens (including phenoxy) is 1. The first-order valence-electron chi connectivity index (χ1n) is 12.6. The number of aromatic nitrogens is 1. The largest absolute Gasteiger partial charge is 0.467 e. The van der Waals surface area contributed by atoms with Crippen molar-refractivity contribution >= 4 is 23.6 Å². The van der Waals surface area contributed by atoms with Crippen LogP contribution in [0.1, 0.15) is 36.5 Å². The number of nitrogens with zero attached hydrogens (tertiary/aromatic N) is 5. The van der Waals surface area contributed by atoms with Crippen molar-refractivity contribution in [2.24, 2.45) is 10.7 Å². The van der Waals surface area contributed by atoms with Crippen molar-refractivity contribution in [2.45, 2.75) is 38.2 Å². The van der Waals surface area contributed by atoms with Crippen LogP contribution in [0, 0.1) is 5.82 Å². The second-order valence-electron chi connectivity index (χ2n) is 9.48. The number of amides is 1. The molecule has 0 aliphatic carbocycles. The number of thiazole rings is 1. The Labute approximate surface area is 225 Å². The van der Waals surface area contributed by atoms with Gasteiger partial charge in [0.1, 0.15) is 22.4 Å². The standard InChI is InChI=1S/C28H31FN6O2S/c1-19-17-33(20(2)21-8-10-22(29)11-9-21)13-14-34(19)24-16-25(37-23-6-4-3-5-7-23)35(18-32-24)26(27(30)36)28-31-12-15-38-28/h3-12,15-16,18-20,25-26H,13-14,17H2,1-2H3,(H2,30,36)/t19-,20+,25?,26?/m1/s1. The highest BCUT2D eigenvalue weighted by atomic mass is 32.1. The summed E-state index contributed by atoms with van der Waals surface area (Å²) in [7, 11) is 0. The molecule has 1 amide bonds. The maximum absolute atomic E-state index is 13.4. The lowest BCUT2D eigenvalue weighted by Gasteiger charge is -2.45. The van der Waals surface area contributed by atoms with Gasteiger partial charge in [-0.25, -0.2) is 14.4 Å². The van der Waals surface area contributed by atoms with Gasteiger partial charge in [0.2, 0.25) is 5.91 Å². The molecule has 8 nitrogen and oxygen atoms in total. The highest BCUT2D eigenvalue weighted by Crippen LogP contribution is 2.31.